The largest absolute Gasteiger partial charge is 0.325 e. The maximum atomic E-state index is 13.3. The number of hydrogen-bond acceptors (Lipinski definition) is 6. The van der Waals surface area contributed by atoms with Gasteiger partial charge in [0.25, 0.3) is 5.91 Å². The minimum Gasteiger partial charge on any atom is -0.324 e. The highest BCUT2D eigenvalue weighted by Crippen LogP contribution is 2.30. The zero-order valence-electron chi connectivity index (χ0n) is 18.1. The highest BCUT2D eigenvalue weighted by atomic mass is 32.2. The first-order valence-corrected chi connectivity index (χ1v) is 11.5. The molecule has 2 unspecified atom stereocenters. The second-order valence-corrected chi connectivity index (χ2v) is 9.01. The van der Waals surface area contributed by atoms with Gasteiger partial charge in [0.2, 0.25) is 11.8 Å². The Hall–Kier alpha value is -3.91. The second kappa shape index (κ2) is 9.15. The molecule has 2 saturated heterocycles. The molecule has 0 aliphatic carbocycles. The molecule has 2 aliphatic rings. The van der Waals surface area contributed by atoms with Crippen molar-refractivity contribution in [1.29, 1.82) is 5.26 Å². The SMILES string of the molecule is CC1(c2ccc(F)cc2)NC(=O)N(CC(=O)N2CSCC2C(=O)Nc2ccc(C#N)cc2)C1=O. The van der Waals surface area contributed by atoms with Gasteiger partial charge in [0.1, 0.15) is 23.9 Å². The smallest absolute Gasteiger partial charge is 0.324 e. The Bertz CT molecular complexity index is 1200. The standard InChI is InChI=1S/C23H20FN5O4S/c1-23(15-4-6-16(24)7-5-15)21(32)28(22(33)27-23)11-19(30)29-13-34-12-18(29)20(31)26-17-8-2-14(10-25)3-9-17/h2-9,18H,11-13H2,1H3,(H,26,31)(H,27,33). The monoisotopic (exact) mass is 481 g/mol. The lowest BCUT2D eigenvalue weighted by atomic mass is 9.92. The number of nitriles is 1. The van der Waals surface area contributed by atoms with E-state index in [2.05, 4.69) is 10.6 Å². The summed E-state index contributed by atoms with van der Waals surface area (Å²) in [5, 5.41) is 14.2. The van der Waals surface area contributed by atoms with E-state index in [-0.39, 0.29) is 5.88 Å². The molecule has 4 rings (SSSR count). The van der Waals surface area contributed by atoms with Gasteiger partial charge in [-0.25, -0.2) is 9.18 Å². The van der Waals surface area contributed by atoms with Gasteiger partial charge >= 0.3 is 6.03 Å². The van der Waals surface area contributed by atoms with Gasteiger partial charge in [-0.15, -0.1) is 11.8 Å². The van der Waals surface area contributed by atoms with E-state index >= 15 is 0 Å². The number of nitrogens with zero attached hydrogens (tertiary/aromatic N) is 3. The molecule has 2 aromatic rings. The third-order valence-corrected chi connectivity index (χ3v) is 6.79. The van der Waals surface area contributed by atoms with Crippen LogP contribution in [0.5, 0.6) is 0 Å². The van der Waals surface area contributed by atoms with Crippen LogP contribution in [-0.4, -0.2) is 57.8 Å². The molecule has 2 aromatic carbocycles. The van der Waals surface area contributed by atoms with Gasteiger partial charge in [0.15, 0.2) is 0 Å². The Balaban J connectivity index is 1.44. The molecular formula is C23H20FN5O4S. The van der Waals surface area contributed by atoms with Crippen molar-refractivity contribution < 1.29 is 23.6 Å². The van der Waals surface area contributed by atoms with Crippen LogP contribution in [0.15, 0.2) is 48.5 Å². The van der Waals surface area contributed by atoms with Crippen molar-refractivity contribution in [2.45, 2.75) is 18.5 Å². The van der Waals surface area contributed by atoms with Crippen LogP contribution in [0, 0.1) is 17.1 Å². The van der Waals surface area contributed by atoms with Crippen LogP contribution >= 0.6 is 11.8 Å². The summed E-state index contributed by atoms with van der Waals surface area (Å²) in [6.45, 7) is 0.965. The van der Waals surface area contributed by atoms with E-state index in [1.165, 1.54) is 47.9 Å². The summed E-state index contributed by atoms with van der Waals surface area (Å²) >= 11 is 1.38. The zero-order valence-corrected chi connectivity index (χ0v) is 18.9. The van der Waals surface area contributed by atoms with E-state index in [9.17, 15) is 23.6 Å². The quantitative estimate of drug-likeness (QED) is 0.630. The predicted octanol–water partition coefficient (Wildman–Crippen LogP) is 2.00. The van der Waals surface area contributed by atoms with Crippen molar-refractivity contribution in [3.05, 3.63) is 65.5 Å². The summed E-state index contributed by atoms with van der Waals surface area (Å²) in [5.41, 5.74) is -0.111. The summed E-state index contributed by atoms with van der Waals surface area (Å²) in [5.74, 6) is -1.46. The topological polar surface area (TPSA) is 123 Å². The van der Waals surface area contributed by atoms with Gasteiger partial charge in [-0.3, -0.25) is 19.3 Å². The molecule has 2 N–H and O–H groups in total. The van der Waals surface area contributed by atoms with Crippen LogP contribution in [0.25, 0.3) is 0 Å². The van der Waals surface area contributed by atoms with Gasteiger partial charge in [-0.1, -0.05) is 12.1 Å². The number of anilines is 1. The van der Waals surface area contributed by atoms with E-state index in [4.69, 9.17) is 5.26 Å². The molecule has 0 spiro atoms. The summed E-state index contributed by atoms with van der Waals surface area (Å²) in [6, 6.07) is 12.0. The van der Waals surface area contributed by atoms with Crippen LogP contribution < -0.4 is 10.6 Å². The molecule has 2 atom stereocenters. The molecule has 0 radical (unpaired) electrons. The van der Waals surface area contributed by atoms with E-state index < -0.39 is 47.7 Å². The lowest BCUT2D eigenvalue weighted by molar-refractivity contribution is -0.140. The first kappa shape index (κ1) is 23.3. The highest BCUT2D eigenvalue weighted by Gasteiger charge is 2.50. The van der Waals surface area contributed by atoms with Crippen molar-refractivity contribution in [1.82, 2.24) is 15.1 Å². The lowest BCUT2D eigenvalue weighted by Gasteiger charge is -2.25. The average Bonchev–Trinajstić information content (AvgIpc) is 3.40. The molecule has 9 nitrogen and oxygen atoms in total. The Morgan fingerprint density at radius 1 is 1.21 bits per heavy atom. The molecule has 11 heteroatoms. The van der Waals surface area contributed by atoms with E-state index in [1.807, 2.05) is 6.07 Å². The summed E-state index contributed by atoms with van der Waals surface area (Å²) in [6.07, 6.45) is 0. The third kappa shape index (κ3) is 4.32. The van der Waals surface area contributed by atoms with Crippen LogP contribution in [0.3, 0.4) is 0 Å². The normalized spacial score (nSPS) is 21.9. The number of rotatable bonds is 5. The number of nitrogens with one attached hydrogen (secondary N) is 2. The van der Waals surface area contributed by atoms with Crippen LogP contribution in [0.4, 0.5) is 14.9 Å². The fraction of sp³-hybridized carbons (Fsp3) is 0.261. The minimum absolute atomic E-state index is 0.239. The zero-order chi connectivity index (χ0) is 24.5. The summed E-state index contributed by atoms with van der Waals surface area (Å²) in [7, 11) is 0. The van der Waals surface area contributed by atoms with Crippen molar-refractivity contribution in [3.8, 4) is 6.07 Å². The van der Waals surface area contributed by atoms with Crippen molar-refractivity contribution in [2.24, 2.45) is 0 Å². The van der Waals surface area contributed by atoms with Gasteiger partial charge in [-0.2, -0.15) is 5.26 Å². The van der Waals surface area contributed by atoms with Crippen LogP contribution in [-0.2, 0) is 19.9 Å². The molecule has 0 aromatic heterocycles. The Morgan fingerprint density at radius 2 is 1.88 bits per heavy atom. The number of imide groups is 1. The number of urea groups is 1. The van der Waals surface area contributed by atoms with Crippen molar-refractivity contribution in [2.75, 3.05) is 23.5 Å². The van der Waals surface area contributed by atoms with Gasteiger partial charge in [0.05, 0.1) is 17.5 Å². The van der Waals surface area contributed by atoms with Gasteiger partial charge in [-0.05, 0) is 48.9 Å². The highest BCUT2D eigenvalue weighted by molar-refractivity contribution is 7.99. The first-order valence-electron chi connectivity index (χ1n) is 10.3. The van der Waals surface area contributed by atoms with E-state index in [1.54, 1.807) is 24.3 Å². The predicted molar refractivity (Wildman–Crippen MR) is 122 cm³/mol. The van der Waals surface area contributed by atoms with Crippen LogP contribution in [0.1, 0.15) is 18.1 Å². The Labute approximate surface area is 198 Å². The molecule has 0 bridgehead atoms. The van der Waals surface area contributed by atoms with E-state index in [0.29, 0.717) is 22.6 Å². The molecule has 34 heavy (non-hydrogen) atoms. The minimum atomic E-state index is -1.43. The molecular weight excluding hydrogens is 461 g/mol. The molecule has 2 fully saturated rings. The first-order chi connectivity index (χ1) is 16.2. The van der Waals surface area contributed by atoms with Crippen molar-refractivity contribution >= 4 is 41.2 Å². The molecule has 174 valence electrons. The van der Waals surface area contributed by atoms with Gasteiger partial charge < -0.3 is 15.5 Å². The fourth-order valence-corrected chi connectivity index (χ4v) is 4.99. The number of benzene rings is 2. The summed E-state index contributed by atoms with van der Waals surface area (Å²) < 4.78 is 13.3. The number of hydrogen-bond donors (Lipinski definition) is 2. The third-order valence-electron chi connectivity index (χ3n) is 5.78. The average molecular weight is 482 g/mol. The number of carbonyl (C=O) groups excluding carboxylic acids is 4. The number of carbonyl (C=O) groups is 4. The molecule has 0 saturated carbocycles. The maximum Gasteiger partial charge on any atom is 0.325 e. The number of thioether (sulfide) groups is 1. The van der Waals surface area contributed by atoms with E-state index in [0.717, 1.165) is 4.90 Å². The Kier molecular flexibility index (Phi) is 6.26. The molecule has 2 heterocycles. The fourth-order valence-electron chi connectivity index (χ4n) is 3.80. The maximum absolute atomic E-state index is 13.3. The summed E-state index contributed by atoms with van der Waals surface area (Å²) in [4.78, 5) is 53.5. The van der Waals surface area contributed by atoms with Gasteiger partial charge in [0, 0.05) is 11.4 Å². The van der Waals surface area contributed by atoms with Crippen LogP contribution in [0.2, 0.25) is 0 Å². The second-order valence-electron chi connectivity index (χ2n) is 8.01. The van der Waals surface area contributed by atoms with Crippen molar-refractivity contribution in [3.63, 3.8) is 0 Å². The number of halogens is 1. The Morgan fingerprint density at radius 3 is 2.53 bits per heavy atom. The molecule has 5 amide bonds. The number of amides is 5. The molecule has 2 aliphatic heterocycles. The lowest BCUT2D eigenvalue weighted by Crippen LogP contribution is -2.49.